The molecule has 0 fully saturated rings. The van der Waals surface area contributed by atoms with Gasteiger partial charge in [0.25, 0.3) is 0 Å². The normalized spacial score (nSPS) is 13.2. The summed E-state index contributed by atoms with van der Waals surface area (Å²) in [6.45, 7) is -0.651. The summed E-state index contributed by atoms with van der Waals surface area (Å²) in [6.07, 6.45) is 1.28. The van der Waals surface area contributed by atoms with Crippen LogP contribution in [0.3, 0.4) is 0 Å². The van der Waals surface area contributed by atoms with Gasteiger partial charge in [-0.15, -0.1) is 0 Å². The fraction of sp³-hybridized carbons (Fsp3) is 0.296. The third kappa shape index (κ3) is 8.68. The molecule has 3 amide bonds. The lowest BCUT2D eigenvalue weighted by Gasteiger charge is -2.24. The number of carbonyl (C=O) groups excluding carboxylic acids is 3. The van der Waals surface area contributed by atoms with Crippen molar-refractivity contribution in [3.05, 3.63) is 71.9 Å². The third-order valence-corrected chi connectivity index (χ3v) is 6.06. The number of rotatable bonds is 14. The molecule has 3 rings (SSSR count). The summed E-state index contributed by atoms with van der Waals surface area (Å²) in [6, 6.07) is 12.7. The first-order valence-corrected chi connectivity index (χ1v) is 12.3. The molecule has 0 aliphatic heterocycles. The Bertz CT molecular complexity index is 1320. The standard InChI is InChI=1S/C27H31N5O7/c28-19(13-17-14-29-20-9-5-4-8-18(17)20)25(37)31-21(10-11-23(33)34)27(39)32-22(26(38)30-15-24(35)36)12-16-6-2-1-3-7-16/h1-9,14,19,21-22,29H,10-13,15,28H2,(H,30,38)(H,31,37)(H,32,39)(H,33,34)(H,35,36). The van der Waals surface area contributed by atoms with E-state index in [-0.39, 0.29) is 19.3 Å². The molecule has 8 N–H and O–H groups in total. The van der Waals surface area contributed by atoms with Crippen LogP contribution in [0.4, 0.5) is 0 Å². The van der Waals surface area contributed by atoms with Crippen molar-refractivity contribution in [3.63, 3.8) is 0 Å². The molecule has 0 aliphatic carbocycles. The number of aromatic nitrogens is 1. The van der Waals surface area contributed by atoms with Gasteiger partial charge < -0.3 is 36.9 Å². The molecule has 2 aromatic carbocycles. The molecule has 1 heterocycles. The van der Waals surface area contributed by atoms with E-state index in [4.69, 9.17) is 15.9 Å². The van der Waals surface area contributed by atoms with E-state index in [1.54, 1.807) is 36.5 Å². The van der Waals surface area contributed by atoms with Gasteiger partial charge in [-0.2, -0.15) is 0 Å². The maximum atomic E-state index is 13.2. The highest BCUT2D eigenvalue weighted by Crippen LogP contribution is 2.19. The van der Waals surface area contributed by atoms with E-state index < -0.39 is 60.8 Å². The summed E-state index contributed by atoms with van der Waals surface area (Å²) in [5.41, 5.74) is 8.51. The molecule has 0 spiro atoms. The number of fused-ring (bicyclic) bond motifs is 1. The van der Waals surface area contributed by atoms with Crippen LogP contribution >= 0.6 is 0 Å². The summed E-state index contributed by atoms with van der Waals surface area (Å²) in [7, 11) is 0. The summed E-state index contributed by atoms with van der Waals surface area (Å²) < 4.78 is 0. The molecule has 12 heteroatoms. The van der Waals surface area contributed by atoms with Crippen LogP contribution in [0.25, 0.3) is 10.9 Å². The summed E-state index contributed by atoms with van der Waals surface area (Å²) in [5, 5.41) is 26.2. The molecule has 0 saturated carbocycles. The number of H-pyrrole nitrogens is 1. The second kappa shape index (κ2) is 13.7. The van der Waals surface area contributed by atoms with E-state index in [9.17, 15) is 24.0 Å². The van der Waals surface area contributed by atoms with Gasteiger partial charge in [-0.1, -0.05) is 48.5 Å². The first kappa shape index (κ1) is 28.9. The Morgan fingerprint density at radius 2 is 1.46 bits per heavy atom. The van der Waals surface area contributed by atoms with Crippen molar-refractivity contribution in [2.24, 2.45) is 5.73 Å². The zero-order valence-corrected chi connectivity index (χ0v) is 21.1. The average Bonchev–Trinajstić information content (AvgIpc) is 3.32. The number of hydrogen-bond acceptors (Lipinski definition) is 6. The Balaban J connectivity index is 1.72. The highest BCUT2D eigenvalue weighted by molar-refractivity contribution is 5.94. The Morgan fingerprint density at radius 3 is 2.15 bits per heavy atom. The molecule has 3 unspecified atom stereocenters. The van der Waals surface area contributed by atoms with E-state index in [0.29, 0.717) is 5.56 Å². The molecule has 0 saturated heterocycles. The van der Waals surface area contributed by atoms with Crippen LogP contribution in [0.15, 0.2) is 60.8 Å². The molecule has 0 aliphatic rings. The van der Waals surface area contributed by atoms with Gasteiger partial charge in [0.2, 0.25) is 17.7 Å². The maximum absolute atomic E-state index is 13.2. The van der Waals surface area contributed by atoms with Crippen LogP contribution in [0.2, 0.25) is 0 Å². The van der Waals surface area contributed by atoms with Gasteiger partial charge in [0.15, 0.2) is 0 Å². The number of aliphatic carboxylic acids is 2. The number of hydrogen-bond donors (Lipinski definition) is 7. The van der Waals surface area contributed by atoms with E-state index in [1.165, 1.54) is 0 Å². The van der Waals surface area contributed by atoms with Crippen LogP contribution in [0.5, 0.6) is 0 Å². The van der Waals surface area contributed by atoms with Crippen LogP contribution in [-0.4, -0.2) is 69.5 Å². The lowest BCUT2D eigenvalue weighted by atomic mass is 10.0. The number of nitrogens with one attached hydrogen (secondary N) is 4. The van der Waals surface area contributed by atoms with E-state index >= 15 is 0 Å². The minimum Gasteiger partial charge on any atom is -0.481 e. The maximum Gasteiger partial charge on any atom is 0.322 e. The molecule has 0 radical (unpaired) electrons. The van der Waals surface area contributed by atoms with Crippen molar-refractivity contribution >= 4 is 40.6 Å². The highest BCUT2D eigenvalue weighted by Gasteiger charge is 2.29. The van der Waals surface area contributed by atoms with Crippen LogP contribution in [-0.2, 0) is 36.8 Å². The van der Waals surface area contributed by atoms with Crippen molar-refractivity contribution in [1.29, 1.82) is 0 Å². The first-order valence-electron chi connectivity index (χ1n) is 12.3. The molecular weight excluding hydrogens is 506 g/mol. The Labute approximate surface area is 224 Å². The number of nitrogens with two attached hydrogens (primary N) is 1. The molecule has 206 valence electrons. The number of carboxylic acid groups (broad SMARTS) is 2. The topological polar surface area (TPSA) is 204 Å². The van der Waals surface area contributed by atoms with Gasteiger partial charge in [-0.05, 0) is 30.0 Å². The van der Waals surface area contributed by atoms with E-state index in [0.717, 1.165) is 16.5 Å². The Kier molecular flexibility index (Phi) is 10.2. The van der Waals surface area contributed by atoms with Crippen molar-refractivity contribution in [2.75, 3.05) is 6.54 Å². The van der Waals surface area contributed by atoms with Crippen LogP contribution < -0.4 is 21.7 Å². The van der Waals surface area contributed by atoms with E-state index in [1.807, 2.05) is 24.3 Å². The van der Waals surface area contributed by atoms with Gasteiger partial charge in [-0.3, -0.25) is 24.0 Å². The van der Waals surface area contributed by atoms with Gasteiger partial charge >= 0.3 is 11.9 Å². The van der Waals surface area contributed by atoms with Crippen molar-refractivity contribution < 1.29 is 34.2 Å². The fourth-order valence-electron chi connectivity index (χ4n) is 4.06. The predicted molar refractivity (Wildman–Crippen MR) is 142 cm³/mol. The largest absolute Gasteiger partial charge is 0.481 e. The van der Waals surface area contributed by atoms with E-state index in [2.05, 4.69) is 20.9 Å². The van der Waals surface area contributed by atoms with Crippen LogP contribution in [0, 0.1) is 0 Å². The minimum absolute atomic E-state index is 0.0394. The number of aromatic amines is 1. The van der Waals surface area contributed by atoms with Crippen LogP contribution in [0.1, 0.15) is 24.0 Å². The first-order chi connectivity index (χ1) is 18.6. The summed E-state index contributed by atoms with van der Waals surface area (Å²) in [5.74, 6) is -4.64. The Morgan fingerprint density at radius 1 is 0.795 bits per heavy atom. The zero-order chi connectivity index (χ0) is 28.4. The number of amides is 3. The number of carboxylic acids is 2. The number of carbonyl (C=O) groups is 5. The fourth-order valence-corrected chi connectivity index (χ4v) is 4.06. The summed E-state index contributed by atoms with van der Waals surface area (Å²) in [4.78, 5) is 64.0. The summed E-state index contributed by atoms with van der Waals surface area (Å²) >= 11 is 0. The monoisotopic (exact) mass is 537 g/mol. The van der Waals surface area contributed by atoms with Crippen molar-refractivity contribution in [1.82, 2.24) is 20.9 Å². The molecule has 39 heavy (non-hydrogen) atoms. The zero-order valence-electron chi connectivity index (χ0n) is 21.1. The average molecular weight is 538 g/mol. The molecule has 3 atom stereocenters. The molecule has 12 nitrogen and oxygen atoms in total. The van der Waals surface area contributed by atoms with Gasteiger partial charge in [0.1, 0.15) is 18.6 Å². The highest BCUT2D eigenvalue weighted by atomic mass is 16.4. The predicted octanol–water partition coefficient (Wildman–Crippen LogP) is 0.316. The van der Waals surface area contributed by atoms with Crippen molar-refractivity contribution in [3.8, 4) is 0 Å². The lowest BCUT2D eigenvalue weighted by Crippen LogP contribution is -2.56. The lowest BCUT2D eigenvalue weighted by molar-refractivity contribution is -0.138. The molecule has 3 aromatic rings. The second-order valence-corrected chi connectivity index (χ2v) is 9.03. The van der Waals surface area contributed by atoms with Gasteiger partial charge in [0, 0.05) is 29.9 Å². The third-order valence-electron chi connectivity index (χ3n) is 6.06. The smallest absolute Gasteiger partial charge is 0.322 e. The Hall–Kier alpha value is -4.71. The molecular formula is C27H31N5O7. The second-order valence-electron chi connectivity index (χ2n) is 9.03. The molecule has 1 aromatic heterocycles. The molecule has 0 bridgehead atoms. The minimum atomic E-state index is -1.30. The van der Waals surface area contributed by atoms with Gasteiger partial charge in [-0.25, -0.2) is 0 Å². The quantitative estimate of drug-likeness (QED) is 0.152. The van der Waals surface area contributed by atoms with Gasteiger partial charge in [0.05, 0.1) is 6.04 Å². The van der Waals surface area contributed by atoms with Crippen molar-refractivity contribution in [2.45, 2.75) is 43.8 Å². The number of benzene rings is 2. The number of para-hydroxylation sites is 1. The SMILES string of the molecule is NC(Cc1c[nH]c2ccccc12)C(=O)NC(CCC(=O)O)C(=O)NC(Cc1ccccc1)C(=O)NCC(=O)O.